The second-order valence-corrected chi connectivity index (χ2v) is 6.63. The van der Waals surface area contributed by atoms with E-state index in [0.29, 0.717) is 11.4 Å². The number of nitrogens with one attached hydrogen (secondary N) is 1. The highest BCUT2D eigenvalue weighted by atomic mass is 19.4. The standard InChI is InChI=1S/C18H21F3N6O2/c1-3-29-16(28)11-9-23-17(24-15(11)18(19,20)21)26-25-13-7-10-5-4-6-27(2)14(10)8-12(13)22/h7-9,15H,3-6,22H2,1-2H3,(H,23,24). The Kier molecular flexibility index (Phi) is 5.76. The zero-order valence-corrected chi connectivity index (χ0v) is 16.0. The van der Waals surface area contributed by atoms with Crippen LogP contribution in [0.3, 0.4) is 0 Å². The molecule has 2 aliphatic heterocycles. The number of guanidine groups is 1. The Morgan fingerprint density at radius 2 is 2.17 bits per heavy atom. The Bertz CT molecular complexity index is 894. The van der Waals surface area contributed by atoms with Gasteiger partial charge in [-0.15, -0.1) is 10.2 Å². The first kappa shape index (κ1) is 20.6. The van der Waals surface area contributed by atoms with Crippen LogP contribution in [-0.4, -0.2) is 44.3 Å². The number of benzene rings is 1. The molecule has 11 heteroatoms. The number of alkyl halides is 3. The number of fused-ring (bicyclic) bond motifs is 1. The molecule has 0 aliphatic carbocycles. The van der Waals surface area contributed by atoms with E-state index in [1.165, 1.54) is 6.92 Å². The fourth-order valence-corrected chi connectivity index (χ4v) is 3.15. The minimum absolute atomic E-state index is 0.0518. The summed E-state index contributed by atoms with van der Waals surface area (Å²) in [5.74, 6) is -1.47. The van der Waals surface area contributed by atoms with Crippen LogP contribution in [0.2, 0.25) is 0 Å². The highest BCUT2D eigenvalue weighted by Crippen LogP contribution is 2.35. The molecule has 156 valence electrons. The predicted molar refractivity (Wildman–Crippen MR) is 102 cm³/mol. The predicted octanol–water partition coefficient (Wildman–Crippen LogP) is 3.07. The maximum absolute atomic E-state index is 13.3. The van der Waals surface area contributed by atoms with Crippen molar-refractivity contribution in [1.29, 1.82) is 0 Å². The lowest BCUT2D eigenvalue weighted by Gasteiger charge is -2.28. The van der Waals surface area contributed by atoms with E-state index in [4.69, 9.17) is 5.73 Å². The Hall–Kier alpha value is -3.11. The van der Waals surface area contributed by atoms with E-state index in [1.807, 2.05) is 7.05 Å². The fraction of sp³-hybridized carbons (Fsp3) is 0.444. The van der Waals surface area contributed by atoms with Crippen molar-refractivity contribution in [2.75, 3.05) is 30.8 Å². The van der Waals surface area contributed by atoms with Crippen molar-refractivity contribution in [3.63, 3.8) is 0 Å². The van der Waals surface area contributed by atoms with Crippen LogP contribution in [0.25, 0.3) is 0 Å². The summed E-state index contributed by atoms with van der Waals surface area (Å²) in [5.41, 5.74) is 8.11. The van der Waals surface area contributed by atoms with Gasteiger partial charge in [-0.2, -0.15) is 13.2 Å². The van der Waals surface area contributed by atoms with Gasteiger partial charge in [-0.1, -0.05) is 0 Å². The molecule has 3 rings (SSSR count). The molecule has 0 spiro atoms. The molecule has 1 atom stereocenters. The van der Waals surface area contributed by atoms with Crippen LogP contribution in [-0.2, 0) is 16.0 Å². The van der Waals surface area contributed by atoms with Crippen molar-refractivity contribution in [3.05, 3.63) is 29.5 Å². The maximum Gasteiger partial charge on any atom is 0.415 e. The fourth-order valence-electron chi connectivity index (χ4n) is 3.15. The van der Waals surface area contributed by atoms with Crippen LogP contribution in [0, 0.1) is 0 Å². The Morgan fingerprint density at radius 1 is 1.41 bits per heavy atom. The van der Waals surface area contributed by atoms with Crippen molar-refractivity contribution in [1.82, 2.24) is 5.32 Å². The van der Waals surface area contributed by atoms with Gasteiger partial charge in [0.25, 0.3) is 0 Å². The number of halogens is 3. The number of carbonyl (C=O) groups is 1. The first-order valence-corrected chi connectivity index (χ1v) is 9.04. The first-order valence-electron chi connectivity index (χ1n) is 9.04. The number of aliphatic imine (C=N–C) groups is 1. The molecule has 2 aliphatic rings. The number of ether oxygens (including phenoxy) is 1. The van der Waals surface area contributed by atoms with Crippen LogP contribution in [0.1, 0.15) is 18.9 Å². The molecule has 1 unspecified atom stereocenters. The number of esters is 1. The van der Waals surface area contributed by atoms with Crippen LogP contribution >= 0.6 is 0 Å². The van der Waals surface area contributed by atoms with E-state index in [2.05, 4.69) is 30.2 Å². The van der Waals surface area contributed by atoms with Crippen molar-refractivity contribution in [3.8, 4) is 0 Å². The Balaban J connectivity index is 1.85. The average Bonchev–Trinajstić information content (AvgIpc) is 2.66. The smallest absolute Gasteiger partial charge is 0.415 e. The molecular formula is C18H21F3N6O2. The summed E-state index contributed by atoms with van der Waals surface area (Å²) in [7, 11) is 1.96. The normalized spacial score (nSPS) is 19.3. The van der Waals surface area contributed by atoms with Crippen molar-refractivity contribution in [2.45, 2.75) is 32.0 Å². The summed E-state index contributed by atoms with van der Waals surface area (Å²) in [6, 6.07) is 1.16. The molecule has 0 saturated heterocycles. The zero-order chi connectivity index (χ0) is 21.2. The third kappa shape index (κ3) is 4.49. The molecular weight excluding hydrogens is 389 g/mol. The molecule has 1 aromatic carbocycles. The third-order valence-corrected chi connectivity index (χ3v) is 4.56. The number of nitrogens with two attached hydrogens (primary N) is 1. The SMILES string of the molecule is CCOC(=O)C1=CNC(N=Nc2cc3c(cc2N)N(C)CCC3)=NC1C(F)(F)F. The molecule has 0 radical (unpaired) electrons. The van der Waals surface area contributed by atoms with Gasteiger partial charge in [0, 0.05) is 25.5 Å². The van der Waals surface area contributed by atoms with Crippen LogP contribution in [0.5, 0.6) is 0 Å². The lowest BCUT2D eigenvalue weighted by atomic mass is 10.0. The summed E-state index contributed by atoms with van der Waals surface area (Å²) in [4.78, 5) is 17.3. The number of azo groups is 1. The number of carbonyl (C=O) groups excluding carboxylic acids is 1. The number of rotatable bonds is 3. The molecule has 0 aromatic heterocycles. The van der Waals surface area contributed by atoms with Crippen molar-refractivity contribution < 1.29 is 22.7 Å². The van der Waals surface area contributed by atoms with Gasteiger partial charge in [-0.05, 0) is 37.5 Å². The molecule has 8 nitrogen and oxygen atoms in total. The minimum atomic E-state index is -4.78. The van der Waals surface area contributed by atoms with Crippen LogP contribution < -0.4 is 16.0 Å². The topological polar surface area (TPSA) is 105 Å². The van der Waals surface area contributed by atoms with E-state index < -0.39 is 23.8 Å². The van der Waals surface area contributed by atoms with Crippen LogP contribution in [0.4, 0.5) is 30.2 Å². The summed E-state index contributed by atoms with van der Waals surface area (Å²) in [6.07, 6.45) is -2.06. The first-order chi connectivity index (χ1) is 13.7. The average molecular weight is 410 g/mol. The third-order valence-electron chi connectivity index (χ3n) is 4.56. The number of aryl methyl sites for hydroxylation is 1. The second kappa shape index (κ2) is 8.10. The van der Waals surface area contributed by atoms with E-state index in [0.717, 1.165) is 36.8 Å². The second-order valence-electron chi connectivity index (χ2n) is 6.63. The van der Waals surface area contributed by atoms with E-state index in [1.54, 1.807) is 12.1 Å². The molecule has 2 heterocycles. The summed E-state index contributed by atoms with van der Waals surface area (Å²) >= 11 is 0. The van der Waals surface area contributed by atoms with Gasteiger partial charge < -0.3 is 20.7 Å². The molecule has 0 amide bonds. The van der Waals surface area contributed by atoms with E-state index in [9.17, 15) is 18.0 Å². The molecule has 0 fully saturated rings. The number of hydrogen-bond donors (Lipinski definition) is 2. The molecule has 3 N–H and O–H groups in total. The number of nitrogen functional groups attached to an aromatic ring is 1. The van der Waals surface area contributed by atoms with Gasteiger partial charge in [-0.3, -0.25) is 0 Å². The Labute approximate surface area is 165 Å². The minimum Gasteiger partial charge on any atom is -0.463 e. The van der Waals surface area contributed by atoms with Crippen molar-refractivity contribution >= 4 is 29.0 Å². The quantitative estimate of drug-likeness (QED) is 0.453. The monoisotopic (exact) mass is 410 g/mol. The molecule has 0 bridgehead atoms. The Morgan fingerprint density at radius 3 is 2.86 bits per heavy atom. The largest absolute Gasteiger partial charge is 0.463 e. The molecule has 0 saturated carbocycles. The number of hydrogen-bond acceptors (Lipinski definition) is 8. The highest BCUT2D eigenvalue weighted by molar-refractivity contribution is 5.94. The number of nitrogens with zero attached hydrogens (tertiary/aromatic N) is 4. The maximum atomic E-state index is 13.3. The van der Waals surface area contributed by atoms with Crippen molar-refractivity contribution in [2.24, 2.45) is 15.2 Å². The summed E-state index contributed by atoms with van der Waals surface area (Å²) < 4.78 is 44.7. The zero-order valence-electron chi connectivity index (χ0n) is 16.0. The lowest BCUT2D eigenvalue weighted by Crippen LogP contribution is -2.39. The van der Waals surface area contributed by atoms with E-state index >= 15 is 0 Å². The van der Waals surface area contributed by atoms with Gasteiger partial charge in [0.15, 0.2) is 6.04 Å². The van der Waals surface area contributed by atoms with Gasteiger partial charge in [0.1, 0.15) is 5.69 Å². The van der Waals surface area contributed by atoms with Gasteiger partial charge in [0.2, 0.25) is 5.96 Å². The van der Waals surface area contributed by atoms with Gasteiger partial charge in [0.05, 0.1) is 17.9 Å². The number of anilines is 2. The van der Waals surface area contributed by atoms with E-state index in [-0.39, 0.29) is 12.6 Å². The van der Waals surface area contributed by atoms with Crippen LogP contribution in [0.15, 0.2) is 39.1 Å². The summed E-state index contributed by atoms with van der Waals surface area (Å²) in [5, 5.41) is 10.2. The van der Waals surface area contributed by atoms with Gasteiger partial charge in [-0.25, -0.2) is 9.79 Å². The molecule has 29 heavy (non-hydrogen) atoms. The molecule has 1 aromatic rings. The highest BCUT2D eigenvalue weighted by Gasteiger charge is 2.46. The lowest BCUT2D eigenvalue weighted by molar-refractivity contribution is -0.152. The summed E-state index contributed by atoms with van der Waals surface area (Å²) in [6.45, 7) is 2.37. The van der Waals surface area contributed by atoms with Gasteiger partial charge >= 0.3 is 12.1 Å².